The van der Waals surface area contributed by atoms with Crippen LogP contribution in [0.25, 0.3) is 0 Å². The number of nitrogens with zero attached hydrogens (tertiary/aromatic N) is 2. The lowest BCUT2D eigenvalue weighted by molar-refractivity contribution is -0.154. The van der Waals surface area contributed by atoms with Gasteiger partial charge >= 0.3 is 5.97 Å². The van der Waals surface area contributed by atoms with E-state index in [-0.39, 0.29) is 6.04 Å². The van der Waals surface area contributed by atoms with Crippen LogP contribution in [0.4, 0.5) is 0 Å². The minimum absolute atomic E-state index is 0.0496. The number of sulfonamides is 1. The van der Waals surface area contributed by atoms with Crippen molar-refractivity contribution in [3.8, 4) is 11.8 Å². The van der Waals surface area contributed by atoms with Gasteiger partial charge in [-0.15, -0.1) is 0 Å². The van der Waals surface area contributed by atoms with Gasteiger partial charge in [0.05, 0.1) is 12.2 Å². The summed E-state index contributed by atoms with van der Waals surface area (Å²) in [6.45, 7) is 6.68. The number of esters is 1. The molecule has 2 aliphatic heterocycles. The maximum atomic E-state index is 12.2. The maximum Gasteiger partial charge on any atom is 0.333 e. The summed E-state index contributed by atoms with van der Waals surface area (Å²) in [5.74, 6) is -1.23. The lowest BCUT2D eigenvalue weighted by Gasteiger charge is -2.41. The summed E-state index contributed by atoms with van der Waals surface area (Å²) in [7, 11) is -4.31. The highest BCUT2D eigenvalue weighted by Gasteiger charge is 2.40. The number of primary sulfonamides is 1. The van der Waals surface area contributed by atoms with Crippen LogP contribution in [-0.2, 0) is 24.3 Å². The van der Waals surface area contributed by atoms with Crippen molar-refractivity contribution in [3.63, 3.8) is 0 Å². The minimum Gasteiger partial charge on any atom is -0.492 e. The van der Waals surface area contributed by atoms with Crippen molar-refractivity contribution in [3.05, 3.63) is 29.8 Å². The normalized spacial score (nSPS) is 21.8. The number of ether oxygens (including phenoxy) is 2. The van der Waals surface area contributed by atoms with Crippen molar-refractivity contribution in [2.24, 2.45) is 5.14 Å². The van der Waals surface area contributed by atoms with E-state index >= 15 is 0 Å². The van der Waals surface area contributed by atoms with Gasteiger partial charge in [-0.2, -0.15) is 5.26 Å². The molecule has 1 aromatic carbocycles. The molecule has 2 aliphatic rings. The van der Waals surface area contributed by atoms with Crippen molar-refractivity contribution in [1.29, 1.82) is 5.26 Å². The third-order valence-corrected chi connectivity index (χ3v) is 6.92. The van der Waals surface area contributed by atoms with Crippen molar-refractivity contribution in [2.75, 3.05) is 32.8 Å². The molecule has 0 saturated carbocycles. The molecule has 0 radical (unpaired) electrons. The lowest BCUT2D eigenvalue weighted by Crippen LogP contribution is -2.57. The van der Waals surface area contributed by atoms with Gasteiger partial charge in [-0.1, -0.05) is 18.6 Å². The van der Waals surface area contributed by atoms with E-state index < -0.39 is 33.1 Å². The number of benzene rings is 1. The number of hydrogen-bond donors (Lipinski definition) is 2. The van der Waals surface area contributed by atoms with Gasteiger partial charge in [-0.3, -0.25) is 14.5 Å². The largest absolute Gasteiger partial charge is 0.492 e. The van der Waals surface area contributed by atoms with Crippen LogP contribution < -0.4 is 15.2 Å². The number of rotatable bonds is 7. The zero-order valence-corrected chi connectivity index (χ0v) is 20.6. The first kappa shape index (κ1) is 27.7. The molecule has 34 heavy (non-hydrogen) atoms. The summed E-state index contributed by atoms with van der Waals surface area (Å²) in [5, 5.41) is 14.8. The minimum atomic E-state index is -4.31. The van der Waals surface area contributed by atoms with Crippen molar-refractivity contribution in [1.82, 2.24) is 10.2 Å². The highest BCUT2D eigenvalue weighted by atomic mass is 32.2. The average molecular weight is 495 g/mol. The summed E-state index contributed by atoms with van der Waals surface area (Å²) in [6.07, 6.45) is 3.76. The quantitative estimate of drug-likeness (QED) is 0.417. The van der Waals surface area contributed by atoms with Gasteiger partial charge in [-0.05, 0) is 64.9 Å². The predicted octanol–water partition coefficient (Wildman–Crippen LogP) is 0.949. The molecule has 1 aromatic rings. The Labute approximate surface area is 201 Å². The van der Waals surface area contributed by atoms with E-state index in [9.17, 15) is 18.0 Å². The van der Waals surface area contributed by atoms with Gasteiger partial charge in [0.15, 0.2) is 5.78 Å². The molecule has 11 heteroatoms. The summed E-state index contributed by atoms with van der Waals surface area (Å²) < 4.78 is 33.5. The first-order chi connectivity index (χ1) is 16.2. The second-order valence-corrected chi connectivity index (χ2v) is 9.90. The van der Waals surface area contributed by atoms with Crippen LogP contribution in [-0.4, -0.2) is 75.3 Å². The fourth-order valence-corrected chi connectivity index (χ4v) is 4.97. The highest BCUT2D eigenvalue weighted by Crippen LogP contribution is 2.21. The number of hydrogen-bond acceptors (Lipinski definition) is 9. The first-order valence-electron chi connectivity index (χ1n) is 11.5. The van der Waals surface area contributed by atoms with Crippen molar-refractivity contribution < 1.29 is 27.5 Å². The number of likely N-dealkylation sites (tertiary alicyclic amines) is 1. The summed E-state index contributed by atoms with van der Waals surface area (Å²) in [4.78, 5) is 25.9. The van der Waals surface area contributed by atoms with E-state index in [1.165, 1.54) is 6.42 Å². The Balaban J connectivity index is 0.000000310. The van der Waals surface area contributed by atoms with E-state index in [0.717, 1.165) is 45.8 Å². The molecule has 0 aromatic heterocycles. The Morgan fingerprint density at radius 1 is 1.26 bits per heavy atom. The molecule has 3 atom stereocenters. The number of carbonyl (C=O) groups excluding carboxylic acids is 2. The molecule has 3 unspecified atom stereocenters. The molecule has 0 amide bonds. The maximum absolute atomic E-state index is 12.2. The molecule has 10 nitrogen and oxygen atoms in total. The molecule has 0 spiro atoms. The summed E-state index contributed by atoms with van der Waals surface area (Å²) in [6, 6.07) is 9.31. The zero-order valence-electron chi connectivity index (χ0n) is 19.7. The Bertz CT molecular complexity index is 972. The Morgan fingerprint density at radius 2 is 1.94 bits per heavy atom. The second kappa shape index (κ2) is 13.4. The highest BCUT2D eigenvalue weighted by molar-refractivity contribution is 7.91. The molecule has 188 valence electrons. The smallest absolute Gasteiger partial charge is 0.333 e. The monoisotopic (exact) mass is 494 g/mol. The third kappa shape index (κ3) is 8.06. The van der Waals surface area contributed by atoms with Gasteiger partial charge in [0.2, 0.25) is 15.3 Å². The van der Waals surface area contributed by atoms with Gasteiger partial charge < -0.3 is 14.8 Å². The molecule has 2 fully saturated rings. The van der Waals surface area contributed by atoms with Crippen LogP contribution in [0.2, 0.25) is 0 Å². The Hall–Kier alpha value is -2.52. The lowest BCUT2D eigenvalue weighted by atomic mass is 9.98. The fourth-order valence-electron chi connectivity index (χ4n) is 4.19. The fraction of sp³-hybridized carbons (Fsp3) is 0.609. The molecule has 2 saturated heterocycles. The van der Waals surface area contributed by atoms with Crippen molar-refractivity contribution in [2.45, 2.75) is 56.9 Å². The van der Waals surface area contributed by atoms with Crippen LogP contribution in [0.5, 0.6) is 5.75 Å². The summed E-state index contributed by atoms with van der Waals surface area (Å²) in [5.41, 5.74) is 0.592. The van der Waals surface area contributed by atoms with Crippen LogP contribution in [0.1, 0.15) is 45.1 Å². The van der Waals surface area contributed by atoms with Gasteiger partial charge in [0, 0.05) is 12.6 Å². The molecule has 2 heterocycles. The first-order valence-corrected chi connectivity index (χ1v) is 13.1. The van der Waals surface area contributed by atoms with E-state index in [2.05, 4.69) is 16.3 Å². The number of nitrogens with one attached hydrogen (secondary N) is 1. The second-order valence-electron chi connectivity index (χ2n) is 8.25. The third-order valence-electron chi connectivity index (χ3n) is 5.74. The zero-order chi connectivity index (χ0) is 25.1. The van der Waals surface area contributed by atoms with E-state index in [1.54, 1.807) is 12.1 Å². The van der Waals surface area contributed by atoms with Crippen LogP contribution >= 0.6 is 0 Å². The molecule has 0 aliphatic carbocycles. The number of nitrogens with two attached hydrogens (primary N) is 1. The molecule has 0 bridgehead atoms. The van der Waals surface area contributed by atoms with E-state index in [0.29, 0.717) is 24.5 Å². The number of Topliss-reactive ketones (excluding diaryl/α,β-unsaturated/α-hetero) is 1. The average Bonchev–Trinajstić information content (AvgIpc) is 2.80. The predicted molar refractivity (Wildman–Crippen MR) is 126 cm³/mol. The van der Waals surface area contributed by atoms with Gasteiger partial charge in [-0.25, -0.2) is 13.6 Å². The summed E-state index contributed by atoms with van der Waals surface area (Å²) >= 11 is 0. The number of carbonyl (C=O) groups is 2. The van der Waals surface area contributed by atoms with Gasteiger partial charge in [0.1, 0.15) is 17.9 Å². The number of ketones is 1. The van der Waals surface area contributed by atoms with Crippen LogP contribution in [0.15, 0.2) is 24.3 Å². The molecular formula is C23H34N4O6S. The van der Waals surface area contributed by atoms with E-state index in [1.807, 2.05) is 19.1 Å². The van der Waals surface area contributed by atoms with E-state index in [4.69, 9.17) is 19.9 Å². The standard InChI is InChI=1S/C14H25N3O5S.C9H9NO/c1-10(18)13(23(15,20)21)14(19)22-12-9-16-6-5-11(12)17-7-3-2-4-8-17;1-2-11-9-6-4-3-5-8(9)7-10/h11-13,16H,2-9H2,1H3,(H2,15,20,21);3-6H,2H2,1H3. The van der Waals surface area contributed by atoms with Crippen molar-refractivity contribution >= 4 is 21.8 Å². The molecule has 3 rings (SSSR count). The molecule has 3 N–H and O–H groups in total. The van der Waals surface area contributed by atoms with Crippen LogP contribution in [0, 0.1) is 11.3 Å². The SMILES string of the molecule is CC(=O)C(C(=O)OC1CNCCC1N1CCCCC1)S(N)(=O)=O.CCOc1ccccc1C#N. The number of nitriles is 1. The number of piperidine rings is 2. The Kier molecular flexibility index (Phi) is 10.9. The molecular weight excluding hydrogens is 460 g/mol. The van der Waals surface area contributed by atoms with Gasteiger partial charge in [0.25, 0.3) is 0 Å². The topological polar surface area (TPSA) is 152 Å². The number of para-hydroxylation sites is 1. The van der Waals surface area contributed by atoms with Crippen LogP contribution in [0.3, 0.4) is 0 Å². The Morgan fingerprint density at radius 3 is 2.53 bits per heavy atom.